The molecule has 1 atom stereocenters. The average molecular weight is 241 g/mol. The molecule has 0 aliphatic carbocycles. The summed E-state index contributed by atoms with van der Waals surface area (Å²) in [6.07, 6.45) is 2.13. The van der Waals surface area contributed by atoms with Crippen LogP contribution >= 0.6 is 0 Å². The molecule has 1 saturated heterocycles. The van der Waals surface area contributed by atoms with E-state index in [9.17, 15) is 9.59 Å². The van der Waals surface area contributed by atoms with Gasteiger partial charge in [-0.2, -0.15) is 0 Å². The third-order valence-corrected chi connectivity index (χ3v) is 3.21. The summed E-state index contributed by atoms with van der Waals surface area (Å²) < 4.78 is 0. The van der Waals surface area contributed by atoms with E-state index in [-0.39, 0.29) is 24.3 Å². The zero-order valence-electron chi connectivity index (χ0n) is 11.0. The first kappa shape index (κ1) is 14.0. The molecule has 0 spiro atoms. The number of hydrogen-bond acceptors (Lipinski definition) is 3. The van der Waals surface area contributed by atoms with Crippen LogP contribution in [-0.2, 0) is 9.59 Å². The van der Waals surface area contributed by atoms with Crippen LogP contribution < -0.4 is 5.73 Å². The summed E-state index contributed by atoms with van der Waals surface area (Å²) in [4.78, 5) is 27.0. The molecule has 0 radical (unpaired) electrons. The van der Waals surface area contributed by atoms with Crippen LogP contribution in [0, 0.1) is 5.92 Å². The summed E-state index contributed by atoms with van der Waals surface area (Å²) in [6.45, 7) is 5.57. The third kappa shape index (κ3) is 3.70. The standard InChI is InChI=1S/C12H23N3O2/c1-9(2)11(13)12(17)14(3)8-10(16)15-6-4-5-7-15/h9,11H,4-8,13H2,1-3H3/t11-/m1/s1. The topological polar surface area (TPSA) is 66.6 Å². The molecule has 5 nitrogen and oxygen atoms in total. The molecule has 0 aromatic rings. The van der Waals surface area contributed by atoms with Crippen LogP contribution in [0.2, 0.25) is 0 Å². The van der Waals surface area contributed by atoms with Gasteiger partial charge in [0.1, 0.15) is 0 Å². The minimum Gasteiger partial charge on any atom is -0.341 e. The minimum absolute atomic E-state index is 0.0225. The second-order valence-corrected chi connectivity index (χ2v) is 5.05. The Morgan fingerprint density at radius 3 is 2.29 bits per heavy atom. The van der Waals surface area contributed by atoms with Gasteiger partial charge in [0.25, 0.3) is 0 Å². The van der Waals surface area contributed by atoms with Crippen molar-refractivity contribution in [1.82, 2.24) is 9.80 Å². The lowest BCUT2D eigenvalue weighted by atomic mass is 10.0. The summed E-state index contributed by atoms with van der Waals surface area (Å²) in [6, 6.07) is -0.522. The molecule has 1 aliphatic heterocycles. The molecule has 1 rings (SSSR count). The molecular weight excluding hydrogens is 218 g/mol. The smallest absolute Gasteiger partial charge is 0.242 e. The number of carbonyl (C=O) groups is 2. The first-order chi connectivity index (χ1) is 7.93. The lowest BCUT2D eigenvalue weighted by Crippen LogP contribution is -2.48. The van der Waals surface area contributed by atoms with Gasteiger partial charge < -0.3 is 15.5 Å². The highest BCUT2D eigenvalue weighted by Crippen LogP contribution is 2.08. The summed E-state index contributed by atoms with van der Waals surface area (Å²) in [5, 5.41) is 0. The van der Waals surface area contributed by atoms with Gasteiger partial charge in [0.2, 0.25) is 11.8 Å². The van der Waals surface area contributed by atoms with E-state index in [1.165, 1.54) is 4.90 Å². The number of rotatable bonds is 4. The molecule has 2 N–H and O–H groups in total. The van der Waals surface area contributed by atoms with E-state index in [0.717, 1.165) is 25.9 Å². The van der Waals surface area contributed by atoms with Gasteiger partial charge in [-0.15, -0.1) is 0 Å². The van der Waals surface area contributed by atoms with Crippen molar-refractivity contribution in [3.05, 3.63) is 0 Å². The monoisotopic (exact) mass is 241 g/mol. The Morgan fingerprint density at radius 1 is 1.29 bits per heavy atom. The number of hydrogen-bond donors (Lipinski definition) is 1. The zero-order chi connectivity index (χ0) is 13.0. The molecule has 17 heavy (non-hydrogen) atoms. The van der Waals surface area contributed by atoms with E-state index in [4.69, 9.17) is 5.73 Å². The van der Waals surface area contributed by atoms with Crippen LogP contribution in [0.15, 0.2) is 0 Å². The van der Waals surface area contributed by atoms with Crippen LogP contribution in [0.1, 0.15) is 26.7 Å². The average Bonchev–Trinajstić information content (AvgIpc) is 2.80. The Hall–Kier alpha value is -1.10. The maximum Gasteiger partial charge on any atom is 0.242 e. The van der Waals surface area contributed by atoms with Gasteiger partial charge >= 0.3 is 0 Å². The summed E-state index contributed by atoms with van der Waals surface area (Å²) in [7, 11) is 1.64. The summed E-state index contributed by atoms with van der Waals surface area (Å²) >= 11 is 0. The molecule has 0 aromatic carbocycles. The molecular formula is C12H23N3O2. The third-order valence-electron chi connectivity index (χ3n) is 3.21. The van der Waals surface area contributed by atoms with Crippen LogP contribution in [0.5, 0.6) is 0 Å². The number of likely N-dealkylation sites (N-methyl/N-ethyl adjacent to an activating group) is 1. The second kappa shape index (κ2) is 6.00. The first-order valence-corrected chi connectivity index (χ1v) is 6.21. The number of nitrogens with two attached hydrogens (primary N) is 1. The Bertz CT molecular complexity index is 285. The van der Waals surface area contributed by atoms with Crippen LogP contribution in [-0.4, -0.2) is 54.3 Å². The molecule has 0 saturated carbocycles. The van der Waals surface area contributed by atoms with Gasteiger partial charge in [-0.25, -0.2) is 0 Å². The fraction of sp³-hybridized carbons (Fsp3) is 0.833. The van der Waals surface area contributed by atoms with Crippen molar-refractivity contribution in [2.75, 3.05) is 26.7 Å². The van der Waals surface area contributed by atoms with Gasteiger partial charge in [0.05, 0.1) is 12.6 Å². The molecule has 1 heterocycles. The lowest BCUT2D eigenvalue weighted by molar-refractivity contribution is -0.140. The fourth-order valence-corrected chi connectivity index (χ4v) is 1.89. The lowest BCUT2D eigenvalue weighted by Gasteiger charge is -2.25. The maximum atomic E-state index is 11.9. The molecule has 2 amide bonds. The van der Waals surface area contributed by atoms with Gasteiger partial charge in [-0.05, 0) is 18.8 Å². The van der Waals surface area contributed by atoms with Crippen molar-refractivity contribution in [2.24, 2.45) is 11.7 Å². The predicted octanol–water partition coefficient (Wildman–Crippen LogP) is 0.0505. The SMILES string of the molecule is CC(C)[C@@H](N)C(=O)N(C)CC(=O)N1CCCC1. The highest BCUT2D eigenvalue weighted by atomic mass is 16.2. The summed E-state index contributed by atoms with van der Waals surface area (Å²) in [5.74, 6) is -0.0475. The van der Waals surface area contributed by atoms with E-state index in [2.05, 4.69) is 0 Å². The zero-order valence-corrected chi connectivity index (χ0v) is 11.0. The molecule has 98 valence electrons. The van der Waals surface area contributed by atoms with Gasteiger partial charge in [-0.3, -0.25) is 9.59 Å². The maximum absolute atomic E-state index is 11.9. The van der Waals surface area contributed by atoms with Crippen molar-refractivity contribution < 1.29 is 9.59 Å². The number of amides is 2. The van der Waals surface area contributed by atoms with Crippen LogP contribution in [0.25, 0.3) is 0 Å². The van der Waals surface area contributed by atoms with E-state index in [1.807, 2.05) is 18.7 Å². The molecule has 0 unspecified atom stereocenters. The Morgan fingerprint density at radius 2 is 1.82 bits per heavy atom. The molecule has 1 aliphatic rings. The van der Waals surface area contributed by atoms with E-state index in [1.54, 1.807) is 7.05 Å². The Kier molecular flexibility index (Phi) is 4.93. The molecule has 0 aromatic heterocycles. The van der Waals surface area contributed by atoms with Gasteiger partial charge in [-0.1, -0.05) is 13.8 Å². The Balaban J connectivity index is 2.45. The minimum atomic E-state index is -0.522. The van der Waals surface area contributed by atoms with Crippen molar-refractivity contribution in [3.8, 4) is 0 Å². The van der Waals surface area contributed by atoms with Crippen LogP contribution in [0.4, 0.5) is 0 Å². The van der Waals surface area contributed by atoms with Gasteiger partial charge in [0.15, 0.2) is 0 Å². The quantitative estimate of drug-likeness (QED) is 0.756. The van der Waals surface area contributed by atoms with Gasteiger partial charge in [0, 0.05) is 20.1 Å². The molecule has 0 bridgehead atoms. The summed E-state index contributed by atoms with van der Waals surface area (Å²) in [5.41, 5.74) is 5.77. The van der Waals surface area contributed by atoms with Crippen molar-refractivity contribution in [1.29, 1.82) is 0 Å². The van der Waals surface area contributed by atoms with Crippen molar-refractivity contribution in [3.63, 3.8) is 0 Å². The first-order valence-electron chi connectivity index (χ1n) is 6.21. The molecule has 1 fully saturated rings. The van der Waals surface area contributed by atoms with Crippen molar-refractivity contribution >= 4 is 11.8 Å². The Labute approximate surface area is 103 Å². The second-order valence-electron chi connectivity index (χ2n) is 5.05. The number of nitrogens with zero attached hydrogens (tertiary/aromatic N) is 2. The normalized spacial score (nSPS) is 17.4. The van der Waals surface area contributed by atoms with Crippen molar-refractivity contribution in [2.45, 2.75) is 32.7 Å². The fourth-order valence-electron chi connectivity index (χ4n) is 1.89. The largest absolute Gasteiger partial charge is 0.341 e. The van der Waals surface area contributed by atoms with E-state index >= 15 is 0 Å². The van der Waals surface area contributed by atoms with Crippen LogP contribution in [0.3, 0.4) is 0 Å². The number of likely N-dealkylation sites (tertiary alicyclic amines) is 1. The van der Waals surface area contributed by atoms with E-state index in [0.29, 0.717) is 0 Å². The highest BCUT2D eigenvalue weighted by molar-refractivity contribution is 5.87. The number of carbonyl (C=O) groups excluding carboxylic acids is 2. The molecule has 5 heteroatoms. The van der Waals surface area contributed by atoms with E-state index < -0.39 is 6.04 Å². The highest BCUT2D eigenvalue weighted by Gasteiger charge is 2.25. The predicted molar refractivity (Wildman–Crippen MR) is 66.3 cm³/mol.